The number of hydrogen-bond acceptors (Lipinski definition) is 6. The summed E-state index contributed by atoms with van der Waals surface area (Å²) < 4.78 is 0. The van der Waals surface area contributed by atoms with Crippen molar-refractivity contribution < 1.29 is 24.6 Å². The zero-order valence-corrected chi connectivity index (χ0v) is 18.3. The van der Waals surface area contributed by atoms with Crippen molar-refractivity contribution in [3.8, 4) is 0 Å². The quantitative estimate of drug-likeness (QED) is 0.373. The Kier molecular flexibility index (Phi) is 7.00. The second-order valence-electron chi connectivity index (χ2n) is 8.08. The van der Waals surface area contributed by atoms with Crippen molar-refractivity contribution in [1.29, 1.82) is 0 Å². The number of carbonyl (C=O) groups is 3. The molecule has 10 heteroatoms. The number of aliphatic carboxylic acids is 2. The van der Waals surface area contributed by atoms with Crippen LogP contribution in [0.25, 0.3) is 10.9 Å². The van der Waals surface area contributed by atoms with Crippen LogP contribution in [0.2, 0.25) is 0 Å². The van der Waals surface area contributed by atoms with Crippen molar-refractivity contribution in [2.45, 2.75) is 12.6 Å². The lowest BCUT2D eigenvalue weighted by molar-refractivity contribution is -0.144. The number of rotatable bonds is 8. The number of carboxylic acid groups (broad SMARTS) is 2. The number of anilines is 1. The number of benzene rings is 1. The van der Waals surface area contributed by atoms with Crippen LogP contribution >= 0.6 is 0 Å². The third kappa shape index (κ3) is 5.48. The molecular formula is C24H25N5O5. The molecule has 34 heavy (non-hydrogen) atoms. The maximum Gasteiger partial charge on any atom is 0.328 e. The zero-order valence-electron chi connectivity index (χ0n) is 18.3. The van der Waals surface area contributed by atoms with Gasteiger partial charge in [0.1, 0.15) is 6.04 Å². The van der Waals surface area contributed by atoms with E-state index in [4.69, 9.17) is 5.11 Å². The van der Waals surface area contributed by atoms with Gasteiger partial charge in [-0.2, -0.15) is 0 Å². The molecule has 1 saturated heterocycles. The summed E-state index contributed by atoms with van der Waals surface area (Å²) in [6.07, 6.45) is 6.97. The lowest BCUT2D eigenvalue weighted by Crippen LogP contribution is -2.48. The molecule has 1 aromatic carbocycles. The van der Waals surface area contributed by atoms with E-state index in [1.807, 2.05) is 23.2 Å². The normalized spacial score (nSPS) is 16.0. The Bertz CT molecular complexity index is 1210. The summed E-state index contributed by atoms with van der Waals surface area (Å²) in [7, 11) is 0. The molecule has 0 radical (unpaired) electrons. The number of aromatic nitrogens is 2. The average molecular weight is 463 g/mol. The van der Waals surface area contributed by atoms with Crippen LogP contribution < -0.4 is 5.32 Å². The number of carbonyl (C=O) groups excluding carboxylic acids is 1. The fraction of sp³-hybridized carbons (Fsp3) is 0.250. The lowest BCUT2D eigenvalue weighted by Gasteiger charge is -2.37. The molecule has 3 heterocycles. The van der Waals surface area contributed by atoms with Crippen LogP contribution in [0.4, 0.5) is 5.69 Å². The van der Waals surface area contributed by atoms with Crippen molar-refractivity contribution in [1.82, 2.24) is 19.8 Å². The highest BCUT2D eigenvalue weighted by Crippen LogP contribution is 2.31. The van der Waals surface area contributed by atoms with Crippen LogP contribution in [-0.2, 0) is 20.9 Å². The molecule has 1 aliphatic rings. The summed E-state index contributed by atoms with van der Waals surface area (Å²) in [6, 6.07) is 8.25. The van der Waals surface area contributed by atoms with Crippen LogP contribution in [0, 0.1) is 0 Å². The third-order valence-electron chi connectivity index (χ3n) is 5.79. The molecule has 0 aliphatic carbocycles. The first-order valence-electron chi connectivity index (χ1n) is 10.8. The fourth-order valence-electron chi connectivity index (χ4n) is 4.20. The summed E-state index contributed by atoms with van der Waals surface area (Å²) in [5, 5.41) is 22.0. The van der Waals surface area contributed by atoms with Crippen molar-refractivity contribution in [2.75, 3.05) is 31.5 Å². The molecular weight excluding hydrogens is 438 g/mol. The van der Waals surface area contributed by atoms with Gasteiger partial charge in [0, 0.05) is 85.6 Å². The average Bonchev–Trinajstić information content (AvgIpc) is 3.22. The number of fused-ring (bicyclic) bond motifs is 1. The number of carboxylic acids is 2. The number of piperazine rings is 1. The molecule has 0 bridgehead atoms. The number of nitrogens with one attached hydrogen (secondary N) is 2. The molecule has 0 saturated carbocycles. The van der Waals surface area contributed by atoms with E-state index in [1.54, 1.807) is 30.6 Å². The zero-order chi connectivity index (χ0) is 24.1. The van der Waals surface area contributed by atoms with Gasteiger partial charge in [0.2, 0.25) is 5.91 Å². The van der Waals surface area contributed by atoms with Gasteiger partial charge in [-0.3, -0.25) is 24.4 Å². The summed E-state index contributed by atoms with van der Waals surface area (Å²) in [4.78, 5) is 46.2. The van der Waals surface area contributed by atoms with E-state index in [0.717, 1.165) is 42.7 Å². The molecule has 1 amide bonds. The van der Waals surface area contributed by atoms with Gasteiger partial charge in [-0.15, -0.1) is 0 Å². The molecule has 176 valence electrons. The van der Waals surface area contributed by atoms with Crippen LogP contribution in [0.1, 0.15) is 17.2 Å². The van der Waals surface area contributed by atoms with Gasteiger partial charge in [-0.1, -0.05) is 12.1 Å². The second kappa shape index (κ2) is 10.3. The highest BCUT2D eigenvalue weighted by molar-refractivity contribution is 6.03. The van der Waals surface area contributed by atoms with Gasteiger partial charge in [0.25, 0.3) is 0 Å². The summed E-state index contributed by atoms with van der Waals surface area (Å²) in [5.74, 6) is -2.70. The fourth-order valence-corrected chi connectivity index (χ4v) is 4.20. The Balaban J connectivity index is 1.46. The Morgan fingerprint density at radius 2 is 1.91 bits per heavy atom. The molecule has 10 nitrogen and oxygen atoms in total. The number of H-pyrrole nitrogens is 1. The van der Waals surface area contributed by atoms with E-state index >= 15 is 0 Å². The topological polar surface area (TPSA) is 139 Å². The SMILES string of the molecule is O=C(O)/C=C/C(=O)Nc1ccc2c(C(C(=O)O)N3CCN(Cc4cccnc4)CC3)c[nH]c2c1. The van der Waals surface area contributed by atoms with Gasteiger partial charge < -0.3 is 20.5 Å². The summed E-state index contributed by atoms with van der Waals surface area (Å²) in [6.45, 7) is 3.52. The van der Waals surface area contributed by atoms with Gasteiger partial charge in [-0.05, 0) is 23.8 Å². The summed E-state index contributed by atoms with van der Waals surface area (Å²) >= 11 is 0. The van der Waals surface area contributed by atoms with E-state index in [2.05, 4.69) is 20.2 Å². The minimum atomic E-state index is -1.21. The van der Waals surface area contributed by atoms with E-state index < -0.39 is 23.9 Å². The molecule has 3 aromatic rings. The highest BCUT2D eigenvalue weighted by atomic mass is 16.4. The first-order valence-corrected chi connectivity index (χ1v) is 10.8. The second-order valence-corrected chi connectivity index (χ2v) is 8.08. The Morgan fingerprint density at radius 1 is 1.12 bits per heavy atom. The van der Waals surface area contributed by atoms with Crippen LogP contribution in [0.5, 0.6) is 0 Å². The van der Waals surface area contributed by atoms with Gasteiger partial charge in [0.15, 0.2) is 0 Å². The van der Waals surface area contributed by atoms with Gasteiger partial charge in [0.05, 0.1) is 0 Å². The predicted octanol–water partition coefficient (Wildman–Crippen LogP) is 2.09. The van der Waals surface area contributed by atoms with Crippen molar-refractivity contribution in [3.63, 3.8) is 0 Å². The molecule has 1 unspecified atom stereocenters. The predicted molar refractivity (Wildman–Crippen MR) is 125 cm³/mol. The Morgan fingerprint density at radius 3 is 2.59 bits per heavy atom. The number of amides is 1. The molecule has 2 aromatic heterocycles. The van der Waals surface area contributed by atoms with Crippen LogP contribution in [-0.4, -0.2) is 74.0 Å². The molecule has 1 fully saturated rings. The maximum atomic E-state index is 12.3. The third-order valence-corrected chi connectivity index (χ3v) is 5.79. The molecule has 1 atom stereocenters. The lowest BCUT2D eigenvalue weighted by atomic mass is 10.0. The smallest absolute Gasteiger partial charge is 0.328 e. The number of pyridine rings is 1. The Hall–Kier alpha value is -4.02. The monoisotopic (exact) mass is 463 g/mol. The number of hydrogen-bond donors (Lipinski definition) is 4. The first-order chi connectivity index (χ1) is 16.4. The van der Waals surface area contributed by atoms with Crippen LogP contribution in [0.3, 0.4) is 0 Å². The van der Waals surface area contributed by atoms with E-state index in [9.17, 15) is 19.5 Å². The van der Waals surface area contributed by atoms with E-state index in [-0.39, 0.29) is 0 Å². The van der Waals surface area contributed by atoms with Crippen LogP contribution in [0.15, 0.2) is 61.1 Å². The number of aromatic amines is 1. The standard InChI is InChI=1S/C24H25N5O5/c30-21(5-6-22(31)32)27-17-3-4-18-19(14-26-20(18)12-17)23(24(33)34)29-10-8-28(9-11-29)15-16-2-1-7-25-13-16/h1-7,12-14,23,26H,8-11,15H2,(H,27,30)(H,31,32)(H,33,34)/b6-5+. The van der Waals surface area contributed by atoms with Gasteiger partial charge in [-0.25, -0.2) is 4.79 Å². The van der Waals surface area contributed by atoms with E-state index in [0.29, 0.717) is 29.9 Å². The molecule has 1 aliphatic heterocycles. The molecule has 0 spiro atoms. The van der Waals surface area contributed by atoms with Crippen molar-refractivity contribution >= 4 is 34.4 Å². The van der Waals surface area contributed by atoms with E-state index in [1.165, 1.54) is 0 Å². The largest absolute Gasteiger partial charge is 0.480 e. The minimum Gasteiger partial charge on any atom is -0.480 e. The highest BCUT2D eigenvalue weighted by Gasteiger charge is 2.32. The molecule has 4 rings (SSSR count). The first kappa shape index (κ1) is 23.1. The minimum absolute atomic E-state index is 0.469. The van der Waals surface area contributed by atoms with Gasteiger partial charge >= 0.3 is 11.9 Å². The number of nitrogens with zero attached hydrogens (tertiary/aromatic N) is 3. The Labute approximate surface area is 195 Å². The van der Waals surface area contributed by atoms with Crippen molar-refractivity contribution in [2.24, 2.45) is 0 Å². The summed E-state index contributed by atoms with van der Waals surface area (Å²) in [5.41, 5.74) is 2.93. The van der Waals surface area contributed by atoms with Crippen molar-refractivity contribution in [3.05, 3.63) is 72.2 Å². The maximum absolute atomic E-state index is 12.3. The molecule has 4 N–H and O–H groups in total.